The summed E-state index contributed by atoms with van der Waals surface area (Å²) < 4.78 is 37.8. The van der Waals surface area contributed by atoms with Crippen molar-refractivity contribution in [2.75, 3.05) is 0 Å². The van der Waals surface area contributed by atoms with Gasteiger partial charge in [0.05, 0.1) is 0 Å². The van der Waals surface area contributed by atoms with Crippen molar-refractivity contribution in [2.45, 2.75) is 25.2 Å². The molecule has 94 valence electrons. The largest absolute Gasteiger partial charge is 0.480 e. The van der Waals surface area contributed by atoms with Crippen LogP contribution in [-0.2, 0) is 11.3 Å². The number of carbonyl (C=O) groups is 1. The highest BCUT2D eigenvalue weighted by Gasteiger charge is 2.57. The van der Waals surface area contributed by atoms with E-state index >= 15 is 0 Å². The number of nitrogens with one attached hydrogen (secondary N) is 1. The third-order valence-electron chi connectivity index (χ3n) is 2.36. The van der Waals surface area contributed by atoms with Crippen LogP contribution in [0.2, 0.25) is 0 Å². The Morgan fingerprint density at radius 1 is 1.53 bits per heavy atom. The van der Waals surface area contributed by atoms with E-state index in [1.54, 1.807) is 12.1 Å². The summed E-state index contributed by atoms with van der Waals surface area (Å²) in [6.45, 7) is 0.363. The van der Waals surface area contributed by atoms with Crippen LogP contribution in [0.5, 0.6) is 0 Å². The van der Waals surface area contributed by atoms with Crippen LogP contribution in [0.3, 0.4) is 0 Å². The summed E-state index contributed by atoms with van der Waals surface area (Å²) in [5.41, 5.74) is -2.49. The number of hydrogen-bond acceptors (Lipinski definition) is 3. The lowest BCUT2D eigenvalue weighted by atomic mass is 10.0. The summed E-state index contributed by atoms with van der Waals surface area (Å²) in [4.78, 5) is 14.4. The number of carboxylic acid groups (broad SMARTS) is 1. The van der Waals surface area contributed by atoms with Gasteiger partial charge >= 0.3 is 12.1 Å². The standard InChI is InChI=1S/C10H11F3N2O2/c1-9(8(16)17,10(11,12)13)15-6-7-3-2-4-14-5-7/h2-5,15H,6H2,1H3,(H,16,17). The Bertz CT molecular complexity index is 394. The lowest BCUT2D eigenvalue weighted by molar-refractivity contribution is -0.206. The summed E-state index contributed by atoms with van der Waals surface area (Å²) >= 11 is 0. The molecule has 17 heavy (non-hydrogen) atoms. The maximum absolute atomic E-state index is 12.6. The average molecular weight is 248 g/mol. The predicted molar refractivity (Wildman–Crippen MR) is 53.2 cm³/mol. The van der Waals surface area contributed by atoms with Gasteiger partial charge in [-0.05, 0) is 18.6 Å². The Morgan fingerprint density at radius 2 is 2.18 bits per heavy atom. The molecule has 1 unspecified atom stereocenters. The van der Waals surface area contributed by atoms with Crippen molar-refractivity contribution >= 4 is 5.97 Å². The van der Waals surface area contributed by atoms with E-state index in [0.717, 1.165) is 0 Å². The van der Waals surface area contributed by atoms with Gasteiger partial charge in [-0.2, -0.15) is 13.2 Å². The van der Waals surface area contributed by atoms with E-state index in [2.05, 4.69) is 4.98 Å². The fourth-order valence-electron chi connectivity index (χ4n) is 1.08. The van der Waals surface area contributed by atoms with Crippen molar-refractivity contribution in [1.29, 1.82) is 0 Å². The molecule has 1 atom stereocenters. The molecule has 0 saturated heterocycles. The van der Waals surface area contributed by atoms with Gasteiger partial charge in [0.2, 0.25) is 5.54 Å². The lowest BCUT2D eigenvalue weighted by Crippen LogP contribution is -2.59. The van der Waals surface area contributed by atoms with E-state index in [1.165, 1.54) is 12.4 Å². The first-order chi connectivity index (χ1) is 7.77. The van der Waals surface area contributed by atoms with Gasteiger partial charge in [0.15, 0.2) is 0 Å². The van der Waals surface area contributed by atoms with Gasteiger partial charge in [-0.15, -0.1) is 0 Å². The Labute approximate surface area is 95.5 Å². The highest BCUT2D eigenvalue weighted by atomic mass is 19.4. The number of pyridine rings is 1. The molecule has 0 aliphatic carbocycles. The molecule has 0 aromatic carbocycles. The maximum Gasteiger partial charge on any atom is 0.417 e. The zero-order chi connectivity index (χ0) is 13.1. The normalized spacial score (nSPS) is 15.3. The zero-order valence-corrected chi connectivity index (χ0v) is 8.95. The summed E-state index contributed by atoms with van der Waals surface area (Å²) in [6, 6.07) is 3.11. The van der Waals surface area contributed by atoms with Crippen molar-refractivity contribution < 1.29 is 23.1 Å². The van der Waals surface area contributed by atoms with Crippen LogP contribution in [0.15, 0.2) is 24.5 Å². The number of nitrogens with zero attached hydrogens (tertiary/aromatic N) is 1. The number of rotatable bonds is 4. The molecule has 1 aromatic heterocycles. The van der Waals surface area contributed by atoms with Gasteiger partial charge in [-0.3, -0.25) is 10.3 Å². The lowest BCUT2D eigenvalue weighted by Gasteiger charge is -2.28. The van der Waals surface area contributed by atoms with Gasteiger partial charge in [0.25, 0.3) is 0 Å². The molecule has 0 saturated carbocycles. The fourth-order valence-corrected chi connectivity index (χ4v) is 1.08. The molecule has 2 N–H and O–H groups in total. The van der Waals surface area contributed by atoms with E-state index in [4.69, 9.17) is 5.11 Å². The van der Waals surface area contributed by atoms with E-state index in [9.17, 15) is 18.0 Å². The molecular formula is C10H11F3N2O2. The smallest absolute Gasteiger partial charge is 0.417 e. The van der Waals surface area contributed by atoms with E-state index < -0.39 is 17.7 Å². The third kappa shape index (κ3) is 2.94. The first-order valence-electron chi connectivity index (χ1n) is 4.71. The number of alkyl halides is 3. The average Bonchev–Trinajstić information content (AvgIpc) is 2.25. The number of aromatic nitrogens is 1. The molecule has 0 aliphatic heterocycles. The SMILES string of the molecule is CC(NCc1cccnc1)(C(=O)O)C(F)(F)F. The Hall–Kier alpha value is -1.63. The Kier molecular flexibility index (Phi) is 3.72. The fraction of sp³-hybridized carbons (Fsp3) is 0.400. The molecule has 7 heteroatoms. The Morgan fingerprint density at radius 3 is 2.59 bits per heavy atom. The summed E-state index contributed by atoms with van der Waals surface area (Å²) in [6.07, 6.45) is -2.03. The monoisotopic (exact) mass is 248 g/mol. The van der Waals surface area contributed by atoms with Gasteiger partial charge < -0.3 is 5.11 Å². The van der Waals surface area contributed by atoms with Gasteiger partial charge in [0, 0.05) is 18.9 Å². The first kappa shape index (κ1) is 13.4. The highest BCUT2D eigenvalue weighted by Crippen LogP contribution is 2.30. The molecule has 0 fully saturated rings. The molecule has 1 rings (SSSR count). The van der Waals surface area contributed by atoms with Crippen LogP contribution >= 0.6 is 0 Å². The van der Waals surface area contributed by atoms with Crippen molar-refractivity contribution in [1.82, 2.24) is 10.3 Å². The van der Waals surface area contributed by atoms with Crippen molar-refractivity contribution in [2.24, 2.45) is 0 Å². The molecule has 0 amide bonds. The number of halogens is 3. The van der Waals surface area contributed by atoms with Crippen LogP contribution in [0.1, 0.15) is 12.5 Å². The molecule has 0 bridgehead atoms. The van der Waals surface area contributed by atoms with Crippen LogP contribution in [0.4, 0.5) is 13.2 Å². The third-order valence-corrected chi connectivity index (χ3v) is 2.36. The van der Waals surface area contributed by atoms with E-state index in [1.807, 2.05) is 5.32 Å². The maximum atomic E-state index is 12.6. The van der Waals surface area contributed by atoms with Crippen molar-refractivity contribution in [3.8, 4) is 0 Å². The van der Waals surface area contributed by atoms with Crippen LogP contribution in [0.25, 0.3) is 0 Å². The van der Waals surface area contributed by atoms with Gasteiger partial charge in [-0.25, -0.2) is 4.79 Å². The van der Waals surface area contributed by atoms with Crippen molar-refractivity contribution in [3.63, 3.8) is 0 Å². The van der Waals surface area contributed by atoms with Crippen LogP contribution < -0.4 is 5.32 Å². The topological polar surface area (TPSA) is 62.2 Å². The van der Waals surface area contributed by atoms with E-state index in [0.29, 0.717) is 12.5 Å². The van der Waals surface area contributed by atoms with Gasteiger partial charge in [0.1, 0.15) is 0 Å². The quantitative estimate of drug-likeness (QED) is 0.849. The second kappa shape index (κ2) is 4.70. The molecule has 0 aliphatic rings. The molecule has 1 aromatic rings. The Balaban J connectivity index is 2.80. The van der Waals surface area contributed by atoms with Crippen LogP contribution in [-0.4, -0.2) is 27.8 Å². The highest BCUT2D eigenvalue weighted by molar-refractivity contribution is 5.79. The second-order valence-electron chi connectivity index (χ2n) is 3.64. The molecule has 1 heterocycles. The number of hydrogen-bond donors (Lipinski definition) is 2. The first-order valence-corrected chi connectivity index (χ1v) is 4.71. The molecule has 0 spiro atoms. The van der Waals surface area contributed by atoms with Crippen molar-refractivity contribution in [3.05, 3.63) is 30.1 Å². The summed E-state index contributed by atoms with van der Waals surface area (Å²) in [5.74, 6) is -1.96. The summed E-state index contributed by atoms with van der Waals surface area (Å²) in [5, 5.41) is 10.6. The predicted octanol–water partition coefficient (Wildman–Crippen LogP) is 1.58. The van der Waals surface area contributed by atoms with Gasteiger partial charge in [-0.1, -0.05) is 6.07 Å². The van der Waals surface area contributed by atoms with Crippen LogP contribution in [0, 0.1) is 0 Å². The second-order valence-corrected chi connectivity index (χ2v) is 3.64. The molecule has 0 radical (unpaired) electrons. The zero-order valence-electron chi connectivity index (χ0n) is 8.95. The molecular weight excluding hydrogens is 237 g/mol. The number of carboxylic acids is 1. The minimum Gasteiger partial charge on any atom is -0.480 e. The molecule has 4 nitrogen and oxygen atoms in total. The minimum atomic E-state index is -4.87. The number of aliphatic carboxylic acids is 1. The minimum absolute atomic E-state index is 0.226. The summed E-state index contributed by atoms with van der Waals surface area (Å²) in [7, 11) is 0. The van der Waals surface area contributed by atoms with E-state index in [-0.39, 0.29) is 6.54 Å².